The Morgan fingerprint density at radius 3 is 2.70 bits per heavy atom. The van der Waals surface area contributed by atoms with Gasteiger partial charge in [-0.2, -0.15) is 5.26 Å². The van der Waals surface area contributed by atoms with Crippen LogP contribution >= 0.6 is 0 Å². The molecule has 0 aliphatic heterocycles. The van der Waals surface area contributed by atoms with E-state index in [9.17, 15) is 4.21 Å². The Balaban J connectivity index is 1.64. The first-order valence-electron chi connectivity index (χ1n) is 9.84. The molecule has 1 aromatic heterocycles. The van der Waals surface area contributed by atoms with Crippen LogP contribution in [0.1, 0.15) is 11.1 Å². The summed E-state index contributed by atoms with van der Waals surface area (Å²) in [6.45, 7) is 0.211. The zero-order valence-electron chi connectivity index (χ0n) is 17.8. The van der Waals surface area contributed by atoms with Gasteiger partial charge < -0.3 is 14.8 Å². The van der Waals surface area contributed by atoms with Crippen molar-refractivity contribution in [3.05, 3.63) is 78.1 Å². The van der Waals surface area contributed by atoms with Crippen LogP contribution < -0.4 is 19.9 Å². The number of nitrogens with one attached hydrogen (secondary N) is 1. The van der Waals surface area contributed by atoms with E-state index >= 15 is 0 Å². The average Bonchev–Trinajstić information content (AvgIpc) is 2.82. The van der Waals surface area contributed by atoms with Gasteiger partial charge in [0.25, 0.3) is 0 Å². The van der Waals surface area contributed by atoms with Crippen LogP contribution in [0.4, 0.5) is 11.5 Å². The molecule has 0 saturated carbocycles. The summed E-state index contributed by atoms with van der Waals surface area (Å²) in [5.41, 5.74) is 2.71. The molecule has 0 fully saturated rings. The van der Waals surface area contributed by atoms with Crippen molar-refractivity contribution in [3.8, 4) is 17.6 Å². The van der Waals surface area contributed by atoms with Crippen LogP contribution in [0.15, 0.2) is 71.9 Å². The van der Waals surface area contributed by atoms with Crippen molar-refractivity contribution in [2.75, 3.05) is 12.4 Å². The van der Waals surface area contributed by atoms with E-state index < -0.39 is 9.71 Å². The van der Waals surface area contributed by atoms with Crippen molar-refractivity contribution in [1.82, 2.24) is 9.97 Å². The van der Waals surface area contributed by atoms with Crippen molar-refractivity contribution in [3.63, 3.8) is 0 Å². The van der Waals surface area contributed by atoms with Gasteiger partial charge in [0.05, 0.1) is 34.0 Å². The normalized spacial score (nSPS) is 12.5. The molecule has 0 amide bonds. The van der Waals surface area contributed by atoms with E-state index in [2.05, 4.69) is 27.2 Å². The van der Waals surface area contributed by atoms with Gasteiger partial charge in [-0.05, 0) is 47.8 Å². The van der Waals surface area contributed by atoms with Crippen LogP contribution in [0, 0.1) is 11.3 Å². The number of ether oxygens (including phenoxy) is 2. The summed E-state index contributed by atoms with van der Waals surface area (Å²) in [6.07, 6.45) is 1.45. The maximum Gasteiger partial charge on any atom is 0.163 e. The molecular formula is C24H21N5O3S. The molecule has 166 valence electrons. The Morgan fingerprint density at radius 1 is 1.12 bits per heavy atom. The highest BCUT2D eigenvalue weighted by Crippen LogP contribution is 2.35. The van der Waals surface area contributed by atoms with E-state index in [0.29, 0.717) is 33.3 Å². The van der Waals surface area contributed by atoms with Gasteiger partial charge in [0.1, 0.15) is 18.8 Å². The lowest BCUT2D eigenvalue weighted by Gasteiger charge is -2.14. The molecule has 0 bridgehead atoms. The fourth-order valence-electron chi connectivity index (χ4n) is 3.25. The Morgan fingerprint density at radius 2 is 1.94 bits per heavy atom. The highest BCUT2D eigenvalue weighted by Gasteiger charge is 2.13. The summed E-state index contributed by atoms with van der Waals surface area (Å²) in [6, 6.07) is 19.8. The van der Waals surface area contributed by atoms with Crippen molar-refractivity contribution in [2.45, 2.75) is 11.5 Å². The van der Waals surface area contributed by atoms with E-state index in [4.69, 9.17) is 19.9 Å². The SMILES string of the molecule is C=S(N)(=O)c1cccc(COc2cc3ncnc(Nc4cccc(C#N)c4)c3cc2OC)c1. The van der Waals surface area contributed by atoms with Gasteiger partial charge in [-0.15, -0.1) is 0 Å². The summed E-state index contributed by atoms with van der Waals surface area (Å²) in [5, 5.41) is 18.7. The first kappa shape index (κ1) is 22.1. The predicted molar refractivity (Wildman–Crippen MR) is 129 cm³/mol. The van der Waals surface area contributed by atoms with Crippen LogP contribution in [0.3, 0.4) is 0 Å². The van der Waals surface area contributed by atoms with E-state index in [0.717, 1.165) is 16.6 Å². The minimum Gasteiger partial charge on any atom is -0.493 e. The number of anilines is 2. The number of benzene rings is 3. The number of methoxy groups -OCH3 is 1. The van der Waals surface area contributed by atoms with Gasteiger partial charge in [-0.3, -0.25) is 5.14 Å². The molecule has 1 heterocycles. The topological polar surface area (TPSA) is 123 Å². The highest BCUT2D eigenvalue weighted by molar-refractivity contribution is 7.98. The first-order chi connectivity index (χ1) is 15.9. The van der Waals surface area contributed by atoms with Crippen molar-refractivity contribution in [2.24, 2.45) is 5.14 Å². The second-order valence-electron chi connectivity index (χ2n) is 7.22. The van der Waals surface area contributed by atoms with Gasteiger partial charge in [-0.1, -0.05) is 18.2 Å². The number of aromatic nitrogens is 2. The van der Waals surface area contributed by atoms with Crippen LogP contribution in [0.2, 0.25) is 0 Å². The minimum atomic E-state index is -2.81. The van der Waals surface area contributed by atoms with Crippen molar-refractivity contribution in [1.29, 1.82) is 5.26 Å². The predicted octanol–water partition coefficient (Wildman–Crippen LogP) is 3.78. The quantitative estimate of drug-likeness (QED) is 0.403. The molecule has 0 aliphatic carbocycles. The number of fused-ring (bicyclic) bond motifs is 1. The molecule has 0 aliphatic rings. The third-order valence-electron chi connectivity index (χ3n) is 4.87. The largest absolute Gasteiger partial charge is 0.493 e. The molecule has 9 heteroatoms. The number of hydrogen-bond donors (Lipinski definition) is 2. The lowest BCUT2D eigenvalue weighted by molar-refractivity contribution is 0.285. The summed E-state index contributed by atoms with van der Waals surface area (Å²) < 4.78 is 23.5. The molecule has 0 radical (unpaired) electrons. The first-order valence-corrected chi connectivity index (χ1v) is 11.6. The smallest absolute Gasteiger partial charge is 0.163 e. The maximum absolute atomic E-state index is 12.0. The molecule has 1 atom stereocenters. The van der Waals surface area contributed by atoms with E-state index in [1.807, 2.05) is 12.1 Å². The molecule has 8 nitrogen and oxygen atoms in total. The third-order valence-corrected chi connectivity index (χ3v) is 5.92. The van der Waals surface area contributed by atoms with Crippen LogP contribution in [-0.2, 0) is 16.3 Å². The lowest BCUT2D eigenvalue weighted by Crippen LogP contribution is -2.12. The van der Waals surface area contributed by atoms with E-state index in [1.165, 1.54) is 6.33 Å². The summed E-state index contributed by atoms with van der Waals surface area (Å²) in [7, 11) is -1.26. The minimum absolute atomic E-state index is 0.211. The Bertz CT molecular complexity index is 1480. The molecule has 3 N–H and O–H groups in total. The zero-order valence-corrected chi connectivity index (χ0v) is 18.6. The van der Waals surface area contributed by atoms with Gasteiger partial charge >= 0.3 is 0 Å². The van der Waals surface area contributed by atoms with Crippen LogP contribution in [0.5, 0.6) is 11.5 Å². The summed E-state index contributed by atoms with van der Waals surface area (Å²) in [5.74, 6) is 5.09. The number of nitriles is 1. The number of nitrogens with zero attached hydrogens (tertiary/aromatic N) is 3. The average molecular weight is 460 g/mol. The fourth-order valence-corrected chi connectivity index (χ4v) is 3.91. The molecule has 1 unspecified atom stereocenters. The lowest BCUT2D eigenvalue weighted by atomic mass is 10.2. The highest BCUT2D eigenvalue weighted by atomic mass is 32.2. The molecule has 3 aromatic carbocycles. The monoisotopic (exact) mass is 459 g/mol. The maximum atomic E-state index is 12.0. The number of hydrogen-bond acceptors (Lipinski definition) is 7. The Kier molecular flexibility index (Phi) is 6.13. The van der Waals surface area contributed by atoms with Crippen molar-refractivity contribution < 1.29 is 13.7 Å². The van der Waals surface area contributed by atoms with Gasteiger partial charge in [0.2, 0.25) is 0 Å². The summed E-state index contributed by atoms with van der Waals surface area (Å²) in [4.78, 5) is 9.15. The van der Waals surface area contributed by atoms with Gasteiger partial charge in [0.15, 0.2) is 11.5 Å². The zero-order chi connectivity index (χ0) is 23.4. The number of rotatable bonds is 7. The second kappa shape index (κ2) is 9.16. The van der Waals surface area contributed by atoms with Crippen molar-refractivity contribution >= 4 is 38.0 Å². The van der Waals surface area contributed by atoms with Crippen LogP contribution in [-0.4, -0.2) is 27.2 Å². The molecule has 0 spiro atoms. The molecule has 0 saturated heterocycles. The third kappa shape index (κ3) is 5.03. The number of nitrogens with two attached hydrogens (primary N) is 1. The van der Waals surface area contributed by atoms with E-state index in [-0.39, 0.29) is 6.61 Å². The molecule has 4 rings (SSSR count). The fraction of sp³-hybridized carbons (Fsp3) is 0.0833. The standard InChI is InChI=1S/C24H21N5O3S/c1-31-22-11-20-21(27-15-28-24(20)29-18-7-3-5-16(9-18)13-25)12-23(22)32-14-17-6-4-8-19(10-17)33(2,26)30/h3-12,15H,2,14H2,1H3,(H2,26,30)(H,27,28,29). The van der Waals surface area contributed by atoms with Gasteiger partial charge in [0, 0.05) is 22.0 Å². The van der Waals surface area contributed by atoms with E-state index in [1.54, 1.807) is 55.6 Å². The van der Waals surface area contributed by atoms with Crippen LogP contribution in [0.25, 0.3) is 10.9 Å². The molecular weight excluding hydrogens is 438 g/mol. The Hall–Kier alpha value is -4.13. The molecule has 33 heavy (non-hydrogen) atoms. The van der Waals surface area contributed by atoms with Gasteiger partial charge in [-0.25, -0.2) is 14.2 Å². The summed E-state index contributed by atoms with van der Waals surface area (Å²) >= 11 is 0. The Labute approximate surface area is 191 Å². The second-order valence-corrected chi connectivity index (χ2v) is 9.15. The molecule has 4 aromatic rings.